The zero-order chi connectivity index (χ0) is 16.2. The summed E-state index contributed by atoms with van der Waals surface area (Å²) in [5.41, 5.74) is 0. The summed E-state index contributed by atoms with van der Waals surface area (Å²) in [4.78, 5) is 15.5. The molecule has 1 atom stereocenters. The highest BCUT2D eigenvalue weighted by atomic mass is 32.2. The van der Waals surface area contributed by atoms with Crippen LogP contribution in [0.25, 0.3) is 10.7 Å². The van der Waals surface area contributed by atoms with Crippen molar-refractivity contribution in [2.75, 3.05) is 18.8 Å². The van der Waals surface area contributed by atoms with E-state index in [1.165, 1.54) is 18.2 Å². The van der Waals surface area contributed by atoms with E-state index in [0.29, 0.717) is 11.7 Å². The van der Waals surface area contributed by atoms with Crippen molar-refractivity contribution in [3.05, 3.63) is 17.5 Å². The summed E-state index contributed by atoms with van der Waals surface area (Å²) in [5.74, 6) is 2.16. The molecular formula is C16H22N4OS2. The number of amides is 1. The minimum Gasteiger partial charge on any atom is -0.342 e. The van der Waals surface area contributed by atoms with Gasteiger partial charge in [0.05, 0.1) is 10.6 Å². The Bertz CT molecular complexity index is 653. The van der Waals surface area contributed by atoms with Crippen molar-refractivity contribution in [2.45, 2.75) is 38.4 Å². The van der Waals surface area contributed by atoms with Gasteiger partial charge in [-0.25, -0.2) is 0 Å². The third kappa shape index (κ3) is 3.77. The van der Waals surface area contributed by atoms with E-state index in [2.05, 4.69) is 34.7 Å². The first kappa shape index (κ1) is 16.5. The van der Waals surface area contributed by atoms with E-state index in [0.717, 1.165) is 41.9 Å². The van der Waals surface area contributed by atoms with E-state index in [9.17, 15) is 4.79 Å². The predicted octanol–water partition coefficient (Wildman–Crippen LogP) is 3.38. The van der Waals surface area contributed by atoms with E-state index in [1.54, 1.807) is 11.3 Å². The lowest BCUT2D eigenvalue weighted by Gasteiger charge is -2.30. The number of thioether (sulfide) groups is 1. The minimum absolute atomic E-state index is 0.213. The number of thiophene rings is 1. The van der Waals surface area contributed by atoms with Gasteiger partial charge >= 0.3 is 0 Å². The van der Waals surface area contributed by atoms with Crippen molar-refractivity contribution in [1.82, 2.24) is 19.7 Å². The lowest BCUT2D eigenvalue weighted by Crippen LogP contribution is -2.40. The molecule has 23 heavy (non-hydrogen) atoms. The first-order valence-corrected chi connectivity index (χ1v) is 9.93. The number of hydrogen-bond acceptors (Lipinski definition) is 5. The van der Waals surface area contributed by atoms with Crippen LogP contribution >= 0.6 is 23.1 Å². The van der Waals surface area contributed by atoms with Crippen LogP contribution in [-0.4, -0.2) is 44.4 Å². The molecule has 1 aliphatic rings. The molecule has 0 N–H and O–H groups in total. The summed E-state index contributed by atoms with van der Waals surface area (Å²) >= 11 is 3.15. The molecule has 1 fully saturated rings. The summed E-state index contributed by atoms with van der Waals surface area (Å²) in [6, 6.07) is 4.07. The fourth-order valence-corrected chi connectivity index (χ4v) is 4.52. The van der Waals surface area contributed by atoms with Crippen molar-refractivity contribution in [1.29, 1.82) is 0 Å². The van der Waals surface area contributed by atoms with E-state index >= 15 is 0 Å². The predicted molar refractivity (Wildman–Crippen MR) is 94.7 cm³/mol. The molecule has 2 aromatic heterocycles. The van der Waals surface area contributed by atoms with Crippen molar-refractivity contribution in [3.8, 4) is 10.7 Å². The highest BCUT2D eigenvalue weighted by Gasteiger charge is 2.22. The van der Waals surface area contributed by atoms with Crippen molar-refractivity contribution in [3.63, 3.8) is 0 Å². The number of nitrogens with zero attached hydrogens (tertiary/aromatic N) is 4. The lowest BCUT2D eigenvalue weighted by atomic mass is 10.0. The maximum atomic E-state index is 12.4. The van der Waals surface area contributed by atoms with E-state index < -0.39 is 0 Å². The number of carbonyl (C=O) groups excluding carboxylic acids is 1. The standard InChI is InChI=1S/C16H22N4OS2/c1-3-20-15(13-7-5-9-22-13)17-18-16(20)23-11-14(21)19-8-4-6-12(2)10-19/h5,7,9,12H,3-4,6,8,10-11H2,1-2H3. The van der Waals surface area contributed by atoms with Crippen LogP contribution in [0.1, 0.15) is 26.7 Å². The van der Waals surface area contributed by atoms with E-state index in [-0.39, 0.29) is 5.91 Å². The second kappa shape index (κ2) is 7.49. The number of carbonyl (C=O) groups is 1. The SMILES string of the molecule is CCn1c(SCC(=O)N2CCCC(C)C2)nnc1-c1cccs1. The molecule has 124 valence electrons. The van der Waals surface area contributed by atoms with Gasteiger partial charge in [0.1, 0.15) is 0 Å². The van der Waals surface area contributed by atoms with Gasteiger partial charge < -0.3 is 9.47 Å². The Morgan fingerprint density at radius 1 is 1.48 bits per heavy atom. The number of hydrogen-bond donors (Lipinski definition) is 0. The lowest BCUT2D eigenvalue weighted by molar-refractivity contribution is -0.130. The summed E-state index contributed by atoms with van der Waals surface area (Å²) < 4.78 is 2.09. The number of likely N-dealkylation sites (tertiary alicyclic amines) is 1. The third-order valence-corrected chi connectivity index (χ3v) is 5.93. The molecule has 3 rings (SSSR count). The molecule has 1 aliphatic heterocycles. The molecule has 0 aromatic carbocycles. The summed E-state index contributed by atoms with van der Waals surface area (Å²) in [6.45, 7) is 6.88. The van der Waals surface area contributed by atoms with Crippen molar-refractivity contribution >= 4 is 29.0 Å². The van der Waals surface area contributed by atoms with Gasteiger partial charge in [0, 0.05) is 19.6 Å². The van der Waals surface area contributed by atoms with Crippen molar-refractivity contribution < 1.29 is 4.79 Å². The monoisotopic (exact) mass is 350 g/mol. The van der Waals surface area contributed by atoms with Crippen LogP contribution in [0.5, 0.6) is 0 Å². The van der Waals surface area contributed by atoms with Gasteiger partial charge in [-0.2, -0.15) is 0 Å². The van der Waals surface area contributed by atoms with Gasteiger partial charge in [0.25, 0.3) is 0 Å². The van der Waals surface area contributed by atoms with Gasteiger partial charge in [-0.15, -0.1) is 21.5 Å². The van der Waals surface area contributed by atoms with Crippen LogP contribution in [0.15, 0.2) is 22.7 Å². The van der Waals surface area contributed by atoms with Crippen molar-refractivity contribution in [2.24, 2.45) is 5.92 Å². The van der Waals surface area contributed by atoms with Gasteiger partial charge in [-0.1, -0.05) is 24.8 Å². The smallest absolute Gasteiger partial charge is 0.233 e. The Labute approximate surface area is 145 Å². The summed E-state index contributed by atoms with van der Waals surface area (Å²) in [6.07, 6.45) is 2.34. The maximum Gasteiger partial charge on any atom is 0.233 e. The maximum absolute atomic E-state index is 12.4. The number of piperidine rings is 1. The third-order valence-electron chi connectivity index (χ3n) is 4.11. The van der Waals surface area contributed by atoms with E-state index in [1.807, 2.05) is 16.3 Å². The fourth-order valence-electron chi connectivity index (χ4n) is 2.90. The number of rotatable bonds is 5. The minimum atomic E-state index is 0.213. The van der Waals surface area contributed by atoms with Crippen LogP contribution < -0.4 is 0 Å². The van der Waals surface area contributed by atoms with Gasteiger partial charge in [0.2, 0.25) is 5.91 Å². The largest absolute Gasteiger partial charge is 0.342 e. The average molecular weight is 351 g/mol. The zero-order valence-corrected chi connectivity index (χ0v) is 15.2. The quantitative estimate of drug-likeness (QED) is 0.776. The topological polar surface area (TPSA) is 51.0 Å². The molecule has 2 aromatic rings. The van der Waals surface area contributed by atoms with Gasteiger partial charge in [0.15, 0.2) is 11.0 Å². The van der Waals surface area contributed by atoms with Crippen LogP contribution in [0.4, 0.5) is 0 Å². The highest BCUT2D eigenvalue weighted by molar-refractivity contribution is 7.99. The zero-order valence-electron chi connectivity index (χ0n) is 13.6. The second-order valence-electron chi connectivity index (χ2n) is 5.90. The van der Waals surface area contributed by atoms with Crippen LogP contribution in [0.2, 0.25) is 0 Å². The Balaban J connectivity index is 1.65. The molecule has 0 spiro atoms. The highest BCUT2D eigenvalue weighted by Crippen LogP contribution is 2.27. The Kier molecular flexibility index (Phi) is 5.38. The van der Waals surface area contributed by atoms with Crippen LogP contribution in [-0.2, 0) is 11.3 Å². The summed E-state index contributed by atoms with van der Waals surface area (Å²) in [7, 11) is 0. The van der Waals surface area contributed by atoms with Gasteiger partial charge in [-0.3, -0.25) is 4.79 Å². The first-order valence-electron chi connectivity index (χ1n) is 8.06. The number of aromatic nitrogens is 3. The fraction of sp³-hybridized carbons (Fsp3) is 0.562. The molecule has 0 bridgehead atoms. The molecule has 1 unspecified atom stereocenters. The normalized spacial score (nSPS) is 18.3. The molecule has 0 saturated carbocycles. The molecule has 5 nitrogen and oxygen atoms in total. The Hall–Kier alpha value is -1.34. The molecule has 7 heteroatoms. The molecular weight excluding hydrogens is 328 g/mol. The van der Waals surface area contributed by atoms with E-state index in [4.69, 9.17) is 0 Å². The van der Waals surface area contributed by atoms with Crippen LogP contribution in [0, 0.1) is 5.92 Å². The Morgan fingerprint density at radius 3 is 3.04 bits per heavy atom. The molecule has 0 aliphatic carbocycles. The molecule has 0 radical (unpaired) electrons. The average Bonchev–Trinajstić information content (AvgIpc) is 3.21. The Morgan fingerprint density at radius 2 is 2.35 bits per heavy atom. The molecule has 3 heterocycles. The van der Waals surface area contributed by atoms with Crippen LogP contribution in [0.3, 0.4) is 0 Å². The first-order chi connectivity index (χ1) is 11.2. The molecule has 1 saturated heterocycles. The van der Waals surface area contributed by atoms with Gasteiger partial charge in [-0.05, 0) is 37.1 Å². The molecule has 1 amide bonds. The second-order valence-corrected chi connectivity index (χ2v) is 7.79. The summed E-state index contributed by atoms with van der Waals surface area (Å²) in [5, 5.41) is 11.5.